The lowest BCUT2D eigenvalue weighted by atomic mass is 9.68. The predicted molar refractivity (Wildman–Crippen MR) is 292 cm³/mol. The lowest BCUT2D eigenvalue weighted by molar-refractivity contribution is 0.810. The Morgan fingerprint density at radius 1 is 0.353 bits per heavy atom. The highest BCUT2D eigenvalue weighted by atomic mass is 28.3. The van der Waals surface area contributed by atoms with Crippen molar-refractivity contribution in [1.29, 1.82) is 0 Å². The number of hydrogen-bond donors (Lipinski definition) is 0. The average Bonchev–Trinajstić information content (AvgIpc) is 3.85. The van der Waals surface area contributed by atoms with E-state index in [9.17, 15) is 0 Å². The Kier molecular flexibility index (Phi) is 9.06. The Labute approximate surface area is 400 Å². The van der Waals surface area contributed by atoms with Crippen LogP contribution in [0.3, 0.4) is 0 Å². The summed E-state index contributed by atoms with van der Waals surface area (Å²) >= 11 is 0. The molecule has 0 saturated heterocycles. The van der Waals surface area contributed by atoms with Gasteiger partial charge in [0.15, 0.2) is 0 Å². The number of benzene rings is 11. The molecular weight excluding hydrogens is 837 g/mol. The van der Waals surface area contributed by atoms with Crippen molar-refractivity contribution < 1.29 is 0 Å². The van der Waals surface area contributed by atoms with Crippen LogP contribution in [0.15, 0.2) is 231 Å². The molecule has 68 heavy (non-hydrogen) atoms. The van der Waals surface area contributed by atoms with Crippen molar-refractivity contribution in [3.05, 3.63) is 258 Å². The van der Waals surface area contributed by atoms with Gasteiger partial charge in [-0.05, 0) is 155 Å². The van der Waals surface area contributed by atoms with Crippen molar-refractivity contribution in [3.63, 3.8) is 0 Å². The molecule has 2 aliphatic carbocycles. The van der Waals surface area contributed by atoms with E-state index in [0.717, 1.165) is 22.7 Å². The lowest BCUT2D eigenvalue weighted by Gasteiger charge is -2.33. The Morgan fingerprint density at radius 3 is 1.50 bits per heavy atom. The maximum atomic E-state index is 2.48. The fraction of sp³-hybridized carbons (Fsp3) is 0.0769. The number of para-hydroxylation sites is 4. The zero-order valence-electron chi connectivity index (χ0n) is 38.8. The highest BCUT2D eigenvalue weighted by molar-refractivity contribution is 6.89. The van der Waals surface area contributed by atoms with Gasteiger partial charge in [0.25, 0.3) is 0 Å². The molecule has 0 aliphatic heterocycles. The van der Waals surface area contributed by atoms with Gasteiger partial charge in [0.1, 0.15) is 0 Å². The van der Waals surface area contributed by atoms with E-state index in [-0.39, 0.29) is 0 Å². The van der Waals surface area contributed by atoms with Crippen LogP contribution >= 0.6 is 0 Å². The molecule has 0 N–H and O–H groups in total. The Balaban J connectivity index is 1.09. The molecule has 0 heterocycles. The Hall–Kier alpha value is -7.98. The monoisotopic (exact) mass is 886 g/mol. The summed E-state index contributed by atoms with van der Waals surface area (Å²) in [5.41, 5.74) is 18.4. The van der Waals surface area contributed by atoms with Crippen molar-refractivity contribution >= 4 is 79.7 Å². The number of hydrogen-bond acceptors (Lipinski definition) is 2. The van der Waals surface area contributed by atoms with E-state index in [0.29, 0.717) is 0 Å². The van der Waals surface area contributed by atoms with Crippen molar-refractivity contribution in [2.75, 3.05) is 9.80 Å². The van der Waals surface area contributed by atoms with Gasteiger partial charge < -0.3 is 9.80 Å². The molecule has 2 aliphatic rings. The van der Waals surface area contributed by atoms with Gasteiger partial charge in [-0.1, -0.05) is 189 Å². The van der Waals surface area contributed by atoms with E-state index in [2.05, 4.69) is 267 Å². The fourth-order valence-corrected chi connectivity index (χ4v) is 13.6. The second-order valence-electron chi connectivity index (χ2n) is 19.7. The number of nitrogens with zero attached hydrogens (tertiary/aromatic N) is 2. The van der Waals surface area contributed by atoms with Crippen LogP contribution in [0.5, 0.6) is 0 Å². The summed E-state index contributed by atoms with van der Waals surface area (Å²) in [4.78, 5) is 4.89. The molecule has 2 nitrogen and oxygen atoms in total. The molecule has 3 heteroatoms. The van der Waals surface area contributed by atoms with E-state index in [1.165, 1.54) is 98.9 Å². The van der Waals surface area contributed by atoms with Crippen LogP contribution in [0.25, 0.3) is 54.6 Å². The number of fused-ring (bicyclic) bond motifs is 16. The van der Waals surface area contributed by atoms with Crippen LogP contribution in [0.4, 0.5) is 34.1 Å². The Bertz CT molecular complexity index is 3810. The van der Waals surface area contributed by atoms with Gasteiger partial charge in [-0.25, -0.2) is 0 Å². The highest BCUT2D eigenvalue weighted by Crippen LogP contribution is 2.66. The van der Waals surface area contributed by atoms with Gasteiger partial charge in [0, 0.05) is 34.1 Å². The van der Waals surface area contributed by atoms with Crippen molar-refractivity contribution in [2.45, 2.75) is 32.0 Å². The van der Waals surface area contributed by atoms with Crippen LogP contribution in [-0.4, -0.2) is 8.07 Å². The molecule has 11 aromatic carbocycles. The Morgan fingerprint density at radius 2 is 0.868 bits per heavy atom. The molecule has 0 radical (unpaired) electrons. The van der Waals surface area contributed by atoms with Crippen LogP contribution in [0.1, 0.15) is 27.8 Å². The smallest absolute Gasteiger partial charge is 0.0803 e. The summed E-state index contributed by atoms with van der Waals surface area (Å²) in [5.74, 6) is 0. The molecule has 1 unspecified atom stereocenters. The summed E-state index contributed by atoms with van der Waals surface area (Å²) in [6.45, 7) is 9.55. The number of anilines is 6. The van der Waals surface area contributed by atoms with Crippen molar-refractivity contribution in [2.24, 2.45) is 0 Å². The van der Waals surface area contributed by atoms with Crippen LogP contribution in [0.2, 0.25) is 19.6 Å². The SMILES string of the molecule is Cc1ccccc1N(c1ccccc1)c1ccc2c3c(ccc2c1)-c1ccc2cc(N(c4ccccc4)c4ccccc4[Si](C)(C)C)ccc2c1C31c2ccccc2-c2c1ccc1ccccc21. The molecule has 11 aromatic rings. The van der Waals surface area contributed by atoms with Gasteiger partial charge in [-0.15, -0.1) is 0 Å². The minimum absolute atomic E-state index is 0.582. The van der Waals surface area contributed by atoms with Crippen LogP contribution < -0.4 is 15.0 Å². The lowest BCUT2D eigenvalue weighted by Crippen LogP contribution is -2.40. The predicted octanol–water partition coefficient (Wildman–Crippen LogP) is 17.3. The molecule has 1 spiro atoms. The van der Waals surface area contributed by atoms with Gasteiger partial charge >= 0.3 is 0 Å². The molecule has 1 atom stereocenters. The highest BCUT2D eigenvalue weighted by Gasteiger charge is 2.53. The summed E-state index contributed by atoms with van der Waals surface area (Å²) in [7, 11) is -1.73. The topological polar surface area (TPSA) is 6.48 Å². The van der Waals surface area contributed by atoms with Gasteiger partial charge in [-0.3, -0.25) is 0 Å². The molecule has 324 valence electrons. The molecular formula is C65H50N2Si. The second-order valence-corrected chi connectivity index (χ2v) is 24.7. The summed E-state index contributed by atoms with van der Waals surface area (Å²) in [6.07, 6.45) is 0. The first-order chi connectivity index (χ1) is 33.3. The fourth-order valence-electron chi connectivity index (χ4n) is 12.0. The minimum atomic E-state index is -1.73. The van der Waals surface area contributed by atoms with Crippen LogP contribution in [-0.2, 0) is 5.41 Å². The van der Waals surface area contributed by atoms with E-state index >= 15 is 0 Å². The van der Waals surface area contributed by atoms with Gasteiger partial charge in [0.2, 0.25) is 0 Å². The van der Waals surface area contributed by atoms with Crippen molar-refractivity contribution in [3.8, 4) is 22.3 Å². The molecule has 0 bridgehead atoms. The summed E-state index contributed by atoms with van der Waals surface area (Å²) in [6, 6.07) is 86.5. The number of aryl methyl sites for hydroxylation is 1. The first kappa shape index (κ1) is 40.3. The first-order valence-electron chi connectivity index (χ1n) is 23.9. The molecule has 0 amide bonds. The van der Waals surface area contributed by atoms with E-state index in [1.54, 1.807) is 0 Å². The van der Waals surface area contributed by atoms with E-state index in [4.69, 9.17) is 0 Å². The first-order valence-corrected chi connectivity index (χ1v) is 27.4. The molecule has 13 rings (SSSR count). The molecule has 0 fully saturated rings. The maximum Gasteiger partial charge on any atom is 0.0803 e. The number of rotatable bonds is 7. The third-order valence-corrected chi connectivity index (χ3v) is 16.9. The van der Waals surface area contributed by atoms with Gasteiger partial charge in [0.05, 0.1) is 13.5 Å². The normalized spacial score (nSPS) is 14.5. The van der Waals surface area contributed by atoms with E-state index < -0.39 is 13.5 Å². The third kappa shape index (κ3) is 5.89. The van der Waals surface area contributed by atoms with Crippen LogP contribution in [0, 0.1) is 6.92 Å². The third-order valence-electron chi connectivity index (χ3n) is 14.8. The minimum Gasteiger partial charge on any atom is -0.311 e. The van der Waals surface area contributed by atoms with Crippen molar-refractivity contribution in [1.82, 2.24) is 0 Å². The zero-order valence-corrected chi connectivity index (χ0v) is 39.8. The average molecular weight is 887 g/mol. The maximum absolute atomic E-state index is 2.48. The largest absolute Gasteiger partial charge is 0.311 e. The van der Waals surface area contributed by atoms with E-state index in [1.807, 2.05) is 0 Å². The zero-order chi connectivity index (χ0) is 45.7. The van der Waals surface area contributed by atoms with Gasteiger partial charge in [-0.2, -0.15) is 0 Å². The molecule has 0 aromatic heterocycles. The standard InChI is InChI=1S/C65H50N2Si/c1-43-19-11-16-28-59(43)66(47-21-7-5-8-22-47)49-34-38-52-45(41-49)31-36-54-55-37-32-46-42-50(67(48-23-9-6-10-24-48)60-29-17-18-30-61(60)68(2,3)4)35-39-53(46)64(55)65(63(52)54)57-27-15-14-26-56(57)62-51-25-13-12-20-44(51)33-40-58(62)65/h5-42H,1-4H3. The second kappa shape index (κ2) is 15.3. The molecule has 0 saturated carbocycles. The summed E-state index contributed by atoms with van der Waals surface area (Å²) < 4.78 is 0. The summed E-state index contributed by atoms with van der Waals surface area (Å²) in [5, 5.41) is 9.02. The quantitative estimate of drug-likeness (QED) is 0.147.